The average molecular weight is 441 g/mol. The first kappa shape index (κ1) is 21.4. The Morgan fingerprint density at radius 1 is 1.29 bits per heavy atom. The van der Waals surface area contributed by atoms with Crippen LogP contribution in [0.2, 0.25) is 0 Å². The van der Waals surface area contributed by atoms with E-state index in [0.717, 1.165) is 42.8 Å². The summed E-state index contributed by atoms with van der Waals surface area (Å²) in [5.41, 5.74) is 0.878. The van der Waals surface area contributed by atoms with E-state index in [1.807, 2.05) is 30.3 Å². The highest BCUT2D eigenvalue weighted by Crippen LogP contribution is 2.16. The predicted octanol–water partition coefficient (Wildman–Crippen LogP) is 3.01. The molecule has 3 heterocycles. The van der Waals surface area contributed by atoms with Gasteiger partial charge in [-0.2, -0.15) is 5.10 Å². The molecule has 1 aliphatic heterocycles. The lowest BCUT2D eigenvalue weighted by Gasteiger charge is -2.16. The summed E-state index contributed by atoms with van der Waals surface area (Å²) in [6.45, 7) is 0.993. The summed E-state index contributed by atoms with van der Waals surface area (Å²) in [6, 6.07) is 11.9. The smallest absolute Gasteiger partial charge is 0.346 e. The summed E-state index contributed by atoms with van der Waals surface area (Å²) < 4.78 is 8.53. The second-order valence-corrected chi connectivity index (χ2v) is 8.92. The van der Waals surface area contributed by atoms with Crippen LogP contribution >= 0.6 is 11.3 Å². The molecule has 8 heteroatoms. The van der Waals surface area contributed by atoms with E-state index in [1.165, 1.54) is 9.56 Å². The van der Waals surface area contributed by atoms with Crippen molar-refractivity contribution >= 4 is 17.2 Å². The van der Waals surface area contributed by atoms with E-state index in [4.69, 9.17) is 4.74 Å². The van der Waals surface area contributed by atoms with Crippen molar-refractivity contribution < 1.29 is 9.53 Å². The number of aryl methyl sites for hydroxylation is 2. The number of nitrogens with one attached hydrogen (secondary N) is 1. The summed E-state index contributed by atoms with van der Waals surface area (Å²) in [5, 5.41) is 9.78. The molecule has 2 aromatic heterocycles. The molecule has 1 aliphatic rings. The standard InChI is InChI=1S/C23H28N4O3S/c1-30-19-6-2-5-17(15-19)16-27-23(29)26-13-12-18(10-11-21(26)25-27)24-22(28)9-3-7-20-8-4-14-31-20/h2,4-6,8,14-15,18H,3,7,9-13,16H2,1H3,(H,24,28). The third-order valence-electron chi connectivity index (χ3n) is 5.66. The number of nitrogens with zero attached hydrogens (tertiary/aromatic N) is 3. The van der Waals surface area contributed by atoms with Gasteiger partial charge in [0.25, 0.3) is 0 Å². The normalized spacial score (nSPS) is 15.8. The summed E-state index contributed by atoms with van der Waals surface area (Å²) in [4.78, 5) is 26.5. The first-order valence-corrected chi connectivity index (χ1v) is 11.6. The lowest BCUT2D eigenvalue weighted by atomic mass is 10.1. The van der Waals surface area contributed by atoms with E-state index in [9.17, 15) is 9.59 Å². The van der Waals surface area contributed by atoms with Crippen molar-refractivity contribution in [3.63, 3.8) is 0 Å². The number of thiophene rings is 1. The fraction of sp³-hybridized carbons (Fsp3) is 0.435. The molecule has 4 rings (SSSR count). The van der Waals surface area contributed by atoms with Crippen LogP contribution < -0.4 is 15.7 Å². The molecule has 0 aliphatic carbocycles. The number of rotatable bonds is 8. The number of fused-ring (bicyclic) bond motifs is 1. The second kappa shape index (κ2) is 9.96. The molecular weight excluding hydrogens is 412 g/mol. The lowest BCUT2D eigenvalue weighted by Crippen LogP contribution is -2.35. The predicted molar refractivity (Wildman–Crippen MR) is 121 cm³/mol. The average Bonchev–Trinajstić information content (AvgIpc) is 3.33. The number of aromatic nitrogens is 3. The number of benzene rings is 1. The molecule has 0 saturated heterocycles. The van der Waals surface area contributed by atoms with Crippen molar-refractivity contribution in [2.45, 2.75) is 57.7 Å². The van der Waals surface area contributed by atoms with Gasteiger partial charge in [0, 0.05) is 30.3 Å². The maximum Gasteiger partial charge on any atom is 0.346 e. The zero-order valence-electron chi connectivity index (χ0n) is 17.8. The summed E-state index contributed by atoms with van der Waals surface area (Å²) >= 11 is 1.73. The van der Waals surface area contributed by atoms with E-state index < -0.39 is 0 Å². The summed E-state index contributed by atoms with van der Waals surface area (Å²) in [6.07, 6.45) is 4.56. The van der Waals surface area contributed by atoms with Gasteiger partial charge in [-0.1, -0.05) is 18.2 Å². The van der Waals surface area contributed by atoms with Crippen LogP contribution in [0.1, 0.15) is 41.9 Å². The van der Waals surface area contributed by atoms with E-state index in [-0.39, 0.29) is 17.6 Å². The van der Waals surface area contributed by atoms with Crippen LogP contribution in [-0.4, -0.2) is 33.4 Å². The van der Waals surface area contributed by atoms with Crippen LogP contribution in [0.5, 0.6) is 5.75 Å². The third kappa shape index (κ3) is 5.44. The van der Waals surface area contributed by atoms with Crippen LogP contribution in [0, 0.1) is 0 Å². The Hall–Kier alpha value is -2.87. The Balaban J connectivity index is 1.31. The number of methoxy groups -OCH3 is 1. The monoisotopic (exact) mass is 440 g/mol. The van der Waals surface area contributed by atoms with Gasteiger partial charge in [-0.15, -0.1) is 11.3 Å². The van der Waals surface area contributed by atoms with E-state index in [0.29, 0.717) is 25.9 Å². The van der Waals surface area contributed by atoms with Crippen molar-refractivity contribution in [1.29, 1.82) is 0 Å². The van der Waals surface area contributed by atoms with Crippen molar-refractivity contribution in [2.24, 2.45) is 0 Å². The molecule has 0 radical (unpaired) electrons. The van der Waals surface area contributed by atoms with Gasteiger partial charge >= 0.3 is 5.69 Å². The Morgan fingerprint density at radius 3 is 3.00 bits per heavy atom. The molecule has 7 nitrogen and oxygen atoms in total. The molecular formula is C23H28N4O3S. The minimum absolute atomic E-state index is 0.0853. The van der Waals surface area contributed by atoms with Gasteiger partial charge in [-0.05, 0) is 54.8 Å². The van der Waals surface area contributed by atoms with Crippen molar-refractivity contribution in [2.75, 3.05) is 7.11 Å². The summed E-state index contributed by atoms with van der Waals surface area (Å²) in [7, 11) is 1.63. The molecule has 0 spiro atoms. The molecule has 1 N–H and O–H groups in total. The van der Waals surface area contributed by atoms with Crippen LogP contribution in [0.3, 0.4) is 0 Å². The number of carbonyl (C=O) groups is 1. The van der Waals surface area contributed by atoms with Crippen molar-refractivity contribution in [1.82, 2.24) is 19.7 Å². The minimum atomic E-state index is -0.0965. The highest BCUT2D eigenvalue weighted by molar-refractivity contribution is 7.09. The highest BCUT2D eigenvalue weighted by atomic mass is 32.1. The highest BCUT2D eigenvalue weighted by Gasteiger charge is 2.22. The largest absolute Gasteiger partial charge is 0.497 e. The SMILES string of the molecule is COc1cccc(Cn2nc3n(c2=O)CCC(NC(=O)CCCc2cccs2)CC3)c1. The Morgan fingerprint density at radius 2 is 2.19 bits per heavy atom. The van der Waals surface area contributed by atoms with Gasteiger partial charge in [0.2, 0.25) is 5.91 Å². The number of ether oxygens (including phenoxy) is 1. The fourth-order valence-corrected chi connectivity index (χ4v) is 4.75. The molecule has 31 heavy (non-hydrogen) atoms. The van der Waals surface area contributed by atoms with Gasteiger partial charge in [0.15, 0.2) is 0 Å². The first-order valence-electron chi connectivity index (χ1n) is 10.7. The van der Waals surface area contributed by atoms with Gasteiger partial charge in [0.05, 0.1) is 13.7 Å². The number of hydrogen-bond donors (Lipinski definition) is 1. The molecule has 0 bridgehead atoms. The van der Waals surface area contributed by atoms with Crippen LogP contribution in [0.15, 0.2) is 46.6 Å². The minimum Gasteiger partial charge on any atom is -0.497 e. The van der Waals surface area contributed by atoms with E-state index >= 15 is 0 Å². The molecule has 0 saturated carbocycles. The summed E-state index contributed by atoms with van der Waals surface area (Å²) in [5.74, 6) is 1.65. The number of amides is 1. The molecule has 1 aromatic carbocycles. The zero-order valence-corrected chi connectivity index (χ0v) is 18.6. The van der Waals surface area contributed by atoms with Crippen LogP contribution in [0.4, 0.5) is 0 Å². The molecule has 3 aromatic rings. The van der Waals surface area contributed by atoms with Gasteiger partial charge in [-0.25, -0.2) is 9.48 Å². The molecule has 1 atom stereocenters. The van der Waals surface area contributed by atoms with Gasteiger partial charge in [0.1, 0.15) is 11.6 Å². The van der Waals surface area contributed by atoms with Crippen LogP contribution in [0.25, 0.3) is 0 Å². The Labute approximate surface area is 185 Å². The molecule has 164 valence electrons. The topological polar surface area (TPSA) is 78.2 Å². The third-order valence-corrected chi connectivity index (χ3v) is 6.59. The zero-order chi connectivity index (χ0) is 21.6. The second-order valence-electron chi connectivity index (χ2n) is 7.88. The van der Waals surface area contributed by atoms with E-state index in [2.05, 4.69) is 21.9 Å². The number of hydrogen-bond acceptors (Lipinski definition) is 5. The molecule has 1 amide bonds. The Bertz CT molecular complexity index is 1070. The van der Waals surface area contributed by atoms with E-state index in [1.54, 1.807) is 23.0 Å². The first-order chi connectivity index (χ1) is 15.1. The quantitative estimate of drug-likeness (QED) is 0.584. The Kier molecular flexibility index (Phi) is 6.86. The van der Waals surface area contributed by atoms with Crippen molar-refractivity contribution in [3.8, 4) is 5.75 Å². The molecule has 1 unspecified atom stereocenters. The van der Waals surface area contributed by atoms with Gasteiger partial charge < -0.3 is 10.1 Å². The maximum atomic E-state index is 12.9. The lowest BCUT2D eigenvalue weighted by molar-refractivity contribution is -0.122. The fourth-order valence-electron chi connectivity index (χ4n) is 4.00. The number of carbonyl (C=O) groups excluding carboxylic acids is 1. The molecule has 0 fully saturated rings. The van der Waals surface area contributed by atoms with Crippen molar-refractivity contribution in [3.05, 3.63) is 68.5 Å². The maximum absolute atomic E-state index is 12.9. The van der Waals surface area contributed by atoms with Gasteiger partial charge in [-0.3, -0.25) is 9.36 Å². The van der Waals surface area contributed by atoms with Crippen LogP contribution in [-0.2, 0) is 30.7 Å².